The van der Waals surface area contributed by atoms with Gasteiger partial charge >= 0.3 is 5.97 Å². The van der Waals surface area contributed by atoms with Crippen molar-refractivity contribution >= 4 is 5.97 Å². The van der Waals surface area contributed by atoms with Gasteiger partial charge in [0, 0.05) is 6.42 Å². The quantitative estimate of drug-likeness (QED) is 0.0597. The van der Waals surface area contributed by atoms with Crippen LogP contribution >= 0.6 is 0 Å². The Bertz CT molecular complexity index is 574. The average molecular weight is 533 g/mol. The van der Waals surface area contributed by atoms with Crippen LogP contribution in [0.4, 0.5) is 0 Å². The molecule has 0 aliphatic carbocycles. The Labute approximate surface area is 239 Å². The molecule has 0 rings (SSSR count). The zero-order chi connectivity index (χ0) is 28.3. The molecule has 0 aromatic heterocycles. The van der Waals surface area contributed by atoms with Crippen molar-refractivity contribution in [3.63, 3.8) is 0 Å². The second kappa shape index (κ2) is 27.5. The Morgan fingerprint density at radius 3 is 1.76 bits per heavy atom. The first-order valence-electron chi connectivity index (χ1n) is 16.8. The number of ether oxygens (including phenoxy) is 1. The van der Waals surface area contributed by atoms with Crippen LogP contribution in [0.1, 0.15) is 176 Å². The van der Waals surface area contributed by atoms with E-state index in [1.165, 1.54) is 115 Å². The van der Waals surface area contributed by atoms with Gasteiger partial charge < -0.3 is 4.74 Å². The van der Waals surface area contributed by atoms with Crippen LogP contribution in [0, 0.1) is 17.8 Å². The van der Waals surface area contributed by atoms with E-state index in [9.17, 15) is 4.79 Å². The zero-order valence-electron chi connectivity index (χ0n) is 26.8. The smallest absolute Gasteiger partial charge is 0.306 e. The summed E-state index contributed by atoms with van der Waals surface area (Å²) in [5.41, 5.74) is 1.36. The number of unbranched alkanes of at least 4 members (excludes halogenated alkanes) is 9. The van der Waals surface area contributed by atoms with Crippen molar-refractivity contribution in [2.24, 2.45) is 17.8 Å². The topological polar surface area (TPSA) is 26.3 Å². The van der Waals surface area contributed by atoms with Crippen molar-refractivity contribution in [3.05, 3.63) is 23.8 Å². The Morgan fingerprint density at radius 2 is 1.16 bits per heavy atom. The third-order valence-electron chi connectivity index (χ3n) is 7.96. The predicted molar refractivity (Wildman–Crippen MR) is 170 cm³/mol. The highest BCUT2D eigenvalue weighted by Crippen LogP contribution is 2.22. The molecule has 0 saturated carbocycles. The third kappa shape index (κ3) is 28.0. The Morgan fingerprint density at radius 1 is 0.632 bits per heavy atom. The maximum atomic E-state index is 12.0. The maximum Gasteiger partial charge on any atom is 0.306 e. The molecule has 38 heavy (non-hydrogen) atoms. The summed E-state index contributed by atoms with van der Waals surface area (Å²) < 4.78 is 5.44. The van der Waals surface area contributed by atoms with E-state index in [2.05, 4.69) is 59.8 Å². The Balaban J connectivity index is 3.60. The first-order valence-corrected chi connectivity index (χ1v) is 16.8. The van der Waals surface area contributed by atoms with Crippen LogP contribution < -0.4 is 0 Å². The van der Waals surface area contributed by atoms with Crippen LogP contribution in [0.25, 0.3) is 0 Å². The lowest BCUT2D eigenvalue weighted by Gasteiger charge is -2.15. The molecule has 0 bridgehead atoms. The van der Waals surface area contributed by atoms with Crippen LogP contribution in [0.5, 0.6) is 0 Å². The summed E-state index contributed by atoms with van der Waals surface area (Å²) in [6.45, 7) is 14.4. The number of carbonyl (C=O) groups excluding carboxylic acids is 1. The number of hydrogen-bond donors (Lipinski definition) is 0. The molecule has 0 radical (unpaired) electrons. The van der Waals surface area contributed by atoms with Crippen LogP contribution in [0.15, 0.2) is 23.8 Å². The Kier molecular flexibility index (Phi) is 26.8. The van der Waals surface area contributed by atoms with E-state index in [4.69, 9.17) is 4.74 Å². The molecule has 0 aliphatic heterocycles. The predicted octanol–water partition coefficient (Wildman–Crippen LogP) is 12.2. The van der Waals surface area contributed by atoms with Gasteiger partial charge in [0.1, 0.15) is 6.61 Å². The molecule has 0 aromatic carbocycles. The van der Waals surface area contributed by atoms with Crippen LogP contribution in [-0.2, 0) is 9.53 Å². The molecule has 2 atom stereocenters. The van der Waals surface area contributed by atoms with Gasteiger partial charge in [-0.05, 0) is 75.7 Å². The molecule has 224 valence electrons. The van der Waals surface area contributed by atoms with E-state index < -0.39 is 0 Å². The number of rotatable bonds is 27. The van der Waals surface area contributed by atoms with Crippen LogP contribution in [0.3, 0.4) is 0 Å². The van der Waals surface area contributed by atoms with Gasteiger partial charge in [0.05, 0.1) is 0 Å². The van der Waals surface area contributed by atoms with Gasteiger partial charge in [-0.2, -0.15) is 0 Å². The molecular formula is C36H68O2. The average Bonchev–Trinajstić information content (AvgIpc) is 2.86. The summed E-state index contributed by atoms with van der Waals surface area (Å²) >= 11 is 0. The molecule has 0 heterocycles. The fourth-order valence-electron chi connectivity index (χ4n) is 5.15. The first kappa shape index (κ1) is 37.0. The van der Waals surface area contributed by atoms with Gasteiger partial charge in [0.25, 0.3) is 0 Å². The summed E-state index contributed by atoms with van der Waals surface area (Å²) in [4.78, 5) is 12.0. The minimum absolute atomic E-state index is 0.0351. The van der Waals surface area contributed by atoms with E-state index in [0.29, 0.717) is 13.0 Å². The lowest BCUT2D eigenvalue weighted by molar-refractivity contribution is -0.142. The van der Waals surface area contributed by atoms with Crippen molar-refractivity contribution in [1.82, 2.24) is 0 Å². The van der Waals surface area contributed by atoms with E-state index in [1.54, 1.807) is 0 Å². The minimum atomic E-state index is -0.0351. The van der Waals surface area contributed by atoms with Gasteiger partial charge in [-0.1, -0.05) is 136 Å². The van der Waals surface area contributed by atoms with Crippen molar-refractivity contribution < 1.29 is 9.53 Å². The standard InChI is InChI=1S/C36H68O2/c1-7-8-9-10-11-12-13-14-15-16-17-18-19-29-36(37)38-31-30-35(6)28-22-27-34(5)26-21-25-33(4)24-20-23-32(2)3/h12-13,30,32-34H,7-11,14-29,31H2,1-6H3/b13-12-,35-30+/t33-,34-/m1/s1. The van der Waals surface area contributed by atoms with Crippen LogP contribution in [0.2, 0.25) is 0 Å². The SMILES string of the molecule is CCCCCC/C=C\CCCCCCCC(=O)OC/C=C(\C)CCC[C@H](C)CCC[C@H](C)CCCC(C)C. The molecule has 0 amide bonds. The largest absolute Gasteiger partial charge is 0.461 e. The molecule has 0 N–H and O–H groups in total. The van der Waals surface area contributed by atoms with Crippen molar-refractivity contribution in [2.45, 2.75) is 176 Å². The van der Waals surface area contributed by atoms with Crippen molar-refractivity contribution in [3.8, 4) is 0 Å². The van der Waals surface area contributed by atoms with Crippen molar-refractivity contribution in [1.29, 1.82) is 0 Å². The fourth-order valence-corrected chi connectivity index (χ4v) is 5.15. The third-order valence-corrected chi connectivity index (χ3v) is 7.96. The van der Waals surface area contributed by atoms with Gasteiger partial charge in [0.15, 0.2) is 0 Å². The minimum Gasteiger partial charge on any atom is -0.461 e. The summed E-state index contributed by atoms with van der Waals surface area (Å²) in [7, 11) is 0. The molecular weight excluding hydrogens is 464 g/mol. The molecule has 0 fully saturated rings. The monoisotopic (exact) mass is 533 g/mol. The second-order valence-corrected chi connectivity index (χ2v) is 12.7. The van der Waals surface area contributed by atoms with Crippen LogP contribution in [-0.4, -0.2) is 12.6 Å². The highest BCUT2D eigenvalue weighted by molar-refractivity contribution is 5.69. The first-order chi connectivity index (χ1) is 18.3. The zero-order valence-corrected chi connectivity index (χ0v) is 26.8. The molecule has 2 nitrogen and oxygen atoms in total. The summed E-state index contributed by atoms with van der Waals surface area (Å²) in [5, 5.41) is 0. The summed E-state index contributed by atoms with van der Waals surface area (Å²) in [5.74, 6) is 2.52. The molecule has 0 aromatic rings. The van der Waals surface area contributed by atoms with E-state index in [-0.39, 0.29) is 5.97 Å². The lowest BCUT2D eigenvalue weighted by atomic mass is 9.91. The summed E-state index contributed by atoms with van der Waals surface area (Å²) in [6.07, 6.45) is 33.1. The fraction of sp³-hybridized carbons (Fsp3) is 0.861. The number of hydrogen-bond acceptors (Lipinski definition) is 2. The second-order valence-electron chi connectivity index (χ2n) is 12.7. The molecule has 0 aliphatic rings. The lowest BCUT2D eigenvalue weighted by Crippen LogP contribution is -2.04. The van der Waals surface area contributed by atoms with Gasteiger partial charge in [-0.3, -0.25) is 4.79 Å². The highest BCUT2D eigenvalue weighted by atomic mass is 16.5. The van der Waals surface area contributed by atoms with Gasteiger partial charge in [-0.15, -0.1) is 0 Å². The summed E-state index contributed by atoms with van der Waals surface area (Å²) in [6, 6.07) is 0. The van der Waals surface area contributed by atoms with E-state index >= 15 is 0 Å². The molecule has 0 unspecified atom stereocenters. The molecule has 0 spiro atoms. The molecule has 0 saturated heterocycles. The normalized spacial score (nSPS) is 13.9. The number of carbonyl (C=O) groups is 1. The van der Waals surface area contributed by atoms with E-state index in [0.717, 1.165) is 37.0 Å². The number of esters is 1. The Hall–Kier alpha value is -1.05. The molecule has 2 heteroatoms. The van der Waals surface area contributed by atoms with Gasteiger partial charge in [-0.25, -0.2) is 0 Å². The maximum absolute atomic E-state index is 12.0. The van der Waals surface area contributed by atoms with Gasteiger partial charge in [0.2, 0.25) is 0 Å². The van der Waals surface area contributed by atoms with Crippen molar-refractivity contribution in [2.75, 3.05) is 6.61 Å². The van der Waals surface area contributed by atoms with E-state index in [1.807, 2.05) is 0 Å². The number of allylic oxidation sites excluding steroid dienone is 3. The highest BCUT2D eigenvalue weighted by Gasteiger charge is 2.07.